The Bertz CT molecular complexity index is 1140. The molecule has 0 aliphatic carbocycles. The van der Waals surface area contributed by atoms with Crippen LogP contribution in [-0.2, 0) is 6.61 Å². The molecule has 0 atom stereocenters. The molecule has 5 nitrogen and oxygen atoms in total. The third-order valence-corrected chi connectivity index (χ3v) is 4.52. The van der Waals surface area contributed by atoms with Crippen molar-refractivity contribution in [1.82, 2.24) is 4.98 Å². The number of fused-ring (bicyclic) bond motifs is 1. The van der Waals surface area contributed by atoms with Crippen molar-refractivity contribution in [3.05, 3.63) is 88.7 Å². The molecule has 4 rings (SSSR count). The van der Waals surface area contributed by atoms with Crippen LogP contribution in [0.15, 0.2) is 82.1 Å². The highest BCUT2D eigenvalue weighted by atomic mass is 16.4. The molecule has 0 amide bonds. The normalized spacial score (nSPS) is 10.9. The first-order valence-electron chi connectivity index (χ1n) is 8.59. The van der Waals surface area contributed by atoms with Gasteiger partial charge in [-0.2, -0.15) is 0 Å². The van der Waals surface area contributed by atoms with Crippen LogP contribution in [0.4, 0.5) is 11.6 Å². The highest BCUT2D eigenvalue weighted by Gasteiger charge is 2.14. The maximum absolute atomic E-state index is 12.7. The van der Waals surface area contributed by atoms with Crippen molar-refractivity contribution in [1.29, 1.82) is 0 Å². The molecule has 4 aromatic rings. The van der Waals surface area contributed by atoms with Crippen LogP contribution in [0, 0.1) is 0 Å². The van der Waals surface area contributed by atoms with Gasteiger partial charge in [-0.3, -0.25) is 9.78 Å². The number of benzene rings is 2. The van der Waals surface area contributed by atoms with Crippen molar-refractivity contribution in [2.24, 2.45) is 0 Å². The van der Waals surface area contributed by atoms with Gasteiger partial charge in [0.05, 0.1) is 12.0 Å². The Morgan fingerprint density at radius 2 is 1.78 bits per heavy atom. The zero-order valence-corrected chi connectivity index (χ0v) is 14.8. The number of aliphatic hydroxyl groups excluding tert-OH is 1. The molecule has 0 aliphatic heterocycles. The van der Waals surface area contributed by atoms with E-state index in [1.807, 2.05) is 66.5 Å². The van der Waals surface area contributed by atoms with E-state index >= 15 is 0 Å². The van der Waals surface area contributed by atoms with E-state index in [1.165, 1.54) is 6.07 Å². The number of pyridine rings is 1. The number of hydrogen-bond donors (Lipinski definition) is 1. The molecule has 2 aromatic heterocycles. The Labute approximate surface area is 156 Å². The Balaban J connectivity index is 1.88. The van der Waals surface area contributed by atoms with Gasteiger partial charge in [0, 0.05) is 30.6 Å². The molecule has 0 radical (unpaired) electrons. The second-order valence-electron chi connectivity index (χ2n) is 6.23. The third-order valence-electron chi connectivity index (χ3n) is 4.52. The van der Waals surface area contributed by atoms with E-state index in [1.54, 1.807) is 12.3 Å². The molecule has 5 heteroatoms. The first kappa shape index (κ1) is 17.0. The van der Waals surface area contributed by atoms with Crippen LogP contribution in [0.5, 0.6) is 0 Å². The number of hydrogen-bond acceptors (Lipinski definition) is 5. The Kier molecular flexibility index (Phi) is 4.44. The summed E-state index contributed by atoms with van der Waals surface area (Å²) in [6.45, 7) is -0.0235. The summed E-state index contributed by atoms with van der Waals surface area (Å²) in [4.78, 5) is 18.9. The molecule has 2 heterocycles. The average Bonchev–Trinajstić information content (AvgIpc) is 2.73. The molecule has 0 unspecified atom stereocenters. The van der Waals surface area contributed by atoms with Crippen LogP contribution in [-0.4, -0.2) is 17.1 Å². The summed E-state index contributed by atoms with van der Waals surface area (Å²) in [5, 5.41) is 9.71. The van der Waals surface area contributed by atoms with Gasteiger partial charge in [-0.05, 0) is 23.8 Å². The van der Waals surface area contributed by atoms with Crippen molar-refractivity contribution >= 4 is 22.5 Å². The molecule has 0 bridgehead atoms. The van der Waals surface area contributed by atoms with Gasteiger partial charge in [-0.1, -0.05) is 42.5 Å². The van der Waals surface area contributed by atoms with Gasteiger partial charge in [0.2, 0.25) is 5.88 Å². The second-order valence-corrected chi connectivity index (χ2v) is 6.23. The number of rotatable bonds is 4. The summed E-state index contributed by atoms with van der Waals surface area (Å²) in [7, 11) is 1.85. The predicted molar refractivity (Wildman–Crippen MR) is 106 cm³/mol. The summed E-state index contributed by atoms with van der Waals surface area (Å²) < 4.78 is 6.11. The Morgan fingerprint density at radius 3 is 2.48 bits per heavy atom. The average molecular weight is 358 g/mol. The summed E-state index contributed by atoms with van der Waals surface area (Å²) in [6, 6.07) is 20.2. The van der Waals surface area contributed by atoms with Crippen LogP contribution in [0.3, 0.4) is 0 Å². The highest BCUT2D eigenvalue weighted by molar-refractivity contribution is 5.90. The number of aliphatic hydroxyl groups is 1. The topological polar surface area (TPSA) is 66.6 Å². The molecular weight excluding hydrogens is 340 g/mol. The maximum Gasteiger partial charge on any atom is 0.204 e. The van der Waals surface area contributed by atoms with Gasteiger partial charge in [0.1, 0.15) is 5.69 Å². The quantitative estimate of drug-likeness (QED) is 0.594. The zero-order chi connectivity index (χ0) is 18.8. The molecule has 1 N–H and O–H groups in total. The van der Waals surface area contributed by atoms with Crippen molar-refractivity contribution < 1.29 is 9.52 Å². The van der Waals surface area contributed by atoms with Crippen LogP contribution in [0.2, 0.25) is 0 Å². The molecule has 0 aliphatic rings. The lowest BCUT2D eigenvalue weighted by molar-refractivity contribution is 0.282. The zero-order valence-electron chi connectivity index (χ0n) is 14.8. The van der Waals surface area contributed by atoms with Crippen LogP contribution in [0.25, 0.3) is 22.2 Å². The van der Waals surface area contributed by atoms with Gasteiger partial charge in [-0.15, -0.1) is 0 Å². The van der Waals surface area contributed by atoms with Gasteiger partial charge >= 0.3 is 0 Å². The minimum atomic E-state index is -0.121. The standard InChI is InChI=1S/C22H18N2O3/c1-24(17-5-3-2-4-6-17)20-13-19(26)18-11-12-23-21(22(18)27-20)16-9-7-15(14-25)8-10-16/h2-13,25H,14H2,1H3. The van der Waals surface area contributed by atoms with E-state index in [-0.39, 0.29) is 12.0 Å². The summed E-state index contributed by atoms with van der Waals surface area (Å²) >= 11 is 0. The van der Waals surface area contributed by atoms with Crippen molar-refractivity contribution in [2.75, 3.05) is 11.9 Å². The lowest BCUT2D eigenvalue weighted by Crippen LogP contribution is -2.13. The summed E-state index contributed by atoms with van der Waals surface area (Å²) in [5.74, 6) is 0.444. The van der Waals surface area contributed by atoms with Crippen LogP contribution in [0.1, 0.15) is 5.56 Å². The first-order valence-corrected chi connectivity index (χ1v) is 8.59. The summed E-state index contributed by atoms with van der Waals surface area (Å²) in [6.07, 6.45) is 1.61. The largest absolute Gasteiger partial charge is 0.438 e. The van der Waals surface area contributed by atoms with Crippen LogP contribution < -0.4 is 10.3 Å². The molecule has 134 valence electrons. The van der Waals surface area contributed by atoms with Crippen LogP contribution >= 0.6 is 0 Å². The minimum absolute atomic E-state index is 0.0235. The molecular formula is C22H18N2O3. The number of aromatic nitrogens is 1. The molecule has 27 heavy (non-hydrogen) atoms. The fourth-order valence-electron chi connectivity index (χ4n) is 2.99. The van der Waals surface area contributed by atoms with Gasteiger partial charge in [0.15, 0.2) is 11.0 Å². The van der Waals surface area contributed by atoms with E-state index < -0.39 is 0 Å². The first-order chi connectivity index (χ1) is 13.2. The SMILES string of the molecule is CN(c1ccccc1)c1cc(=O)c2ccnc(-c3ccc(CO)cc3)c2o1. The van der Waals surface area contributed by atoms with Gasteiger partial charge in [0.25, 0.3) is 0 Å². The lowest BCUT2D eigenvalue weighted by atomic mass is 10.1. The molecule has 2 aromatic carbocycles. The van der Waals surface area contributed by atoms with Crippen molar-refractivity contribution in [3.8, 4) is 11.3 Å². The Morgan fingerprint density at radius 1 is 1.04 bits per heavy atom. The van der Waals surface area contributed by atoms with Crippen molar-refractivity contribution in [3.63, 3.8) is 0 Å². The fraction of sp³-hybridized carbons (Fsp3) is 0.0909. The monoisotopic (exact) mass is 358 g/mol. The Hall–Kier alpha value is -3.44. The smallest absolute Gasteiger partial charge is 0.204 e. The molecule has 0 saturated carbocycles. The second kappa shape index (κ2) is 7.05. The van der Waals surface area contributed by atoms with E-state index in [0.717, 1.165) is 16.8 Å². The van der Waals surface area contributed by atoms with E-state index in [0.29, 0.717) is 22.5 Å². The number of nitrogens with zero attached hydrogens (tertiary/aromatic N) is 2. The summed E-state index contributed by atoms with van der Waals surface area (Å²) in [5.41, 5.74) is 3.46. The van der Waals surface area contributed by atoms with E-state index in [9.17, 15) is 9.90 Å². The number of anilines is 2. The number of para-hydroxylation sites is 1. The maximum atomic E-state index is 12.7. The van der Waals surface area contributed by atoms with Gasteiger partial charge < -0.3 is 14.4 Å². The predicted octanol–water partition coefficient (Wildman–Crippen LogP) is 4.12. The molecule has 0 spiro atoms. The molecule has 0 saturated heterocycles. The van der Waals surface area contributed by atoms with E-state index in [2.05, 4.69) is 4.98 Å². The van der Waals surface area contributed by atoms with Gasteiger partial charge in [-0.25, -0.2) is 0 Å². The fourth-order valence-corrected chi connectivity index (χ4v) is 2.99. The molecule has 0 fully saturated rings. The lowest BCUT2D eigenvalue weighted by Gasteiger charge is -2.18. The minimum Gasteiger partial charge on any atom is -0.438 e. The van der Waals surface area contributed by atoms with Crippen molar-refractivity contribution in [2.45, 2.75) is 6.61 Å². The highest BCUT2D eigenvalue weighted by Crippen LogP contribution is 2.30. The third kappa shape index (κ3) is 3.20. The van der Waals surface area contributed by atoms with E-state index in [4.69, 9.17) is 4.42 Å².